The van der Waals surface area contributed by atoms with Gasteiger partial charge in [-0.3, -0.25) is 0 Å². The fraction of sp³-hybridized carbons (Fsp3) is 0.467. The van der Waals surface area contributed by atoms with E-state index in [1.54, 1.807) is 6.07 Å². The largest absolute Gasteiger partial charge is 0.496 e. The Morgan fingerprint density at radius 2 is 1.90 bits per heavy atom. The SMILES string of the molecule is CCC1C=CCN1S(=O)(=O)c1cc(OC)c(C)cc1OC. The van der Waals surface area contributed by atoms with Crippen molar-refractivity contribution < 1.29 is 17.9 Å². The lowest BCUT2D eigenvalue weighted by Crippen LogP contribution is -2.35. The zero-order valence-electron chi connectivity index (χ0n) is 12.8. The lowest BCUT2D eigenvalue weighted by atomic mass is 10.2. The van der Waals surface area contributed by atoms with Crippen molar-refractivity contribution in [1.82, 2.24) is 4.31 Å². The van der Waals surface area contributed by atoms with Crippen LogP contribution in [0.2, 0.25) is 0 Å². The molecule has 0 fully saturated rings. The van der Waals surface area contributed by atoms with Crippen LogP contribution in [0.1, 0.15) is 18.9 Å². The second-order valence-electron chi connectivity index (χ2n) is 4.95. The van der Waals surface area contributed by atoms with E-state index in [9.17, 15) is 8.42 Å². The van der Waals surface area contributed by atoms with Gasteiger partial charge in [0, 0.05) is 18.7 Å². The highest BCUT2D eigenvalue weighted by Crippen LogP contribution is 2.35. The zero-order valence-corrected chi connectivity index (χ0v) is 13.6. The van der Waals surface area contributed by atoms with E-state index in [1.165, 1.54) is 24.6 Å². The first-order valence-electron chi connectivity index (χ1n) is 6.86. The lowest BCUT2D eigenvalue weighted by molar-refractivity contribution is 0.377. The van der Waals surface area contributed by atoms with Gasteiger partial charge in [-0.25, -0.2) is 8.42 Å². The van der Waals surface area contributed by atoms with E-state index < -0.39 is 10.0 Å². The summed E-state index contributed by atoms with van der Waals surface area (Å²) in [6.07, 6.45) is 4.54. The molecule has 116 valence electrons. The minimum atomic E-state index is -3.63. The molecular weight excluding hydrogens is 290 g/mol. The van der Waals surface area contributed by atoms with Crippen LogP contribution in [0.5, 0.6) is 11.5 Å². The highest BCUT2D eigenvalue weighted by Gasteiger charge is 2.34. The van der Waals surface area contributed by atoms with Gasteiger partial charge in [-0.2, -0.15) is 4.31 Å². The molecule has 1 heterocycles. The van der Waals surface area contributed by atoms with Crippen molar-refractivity contribution >= 4 is 10.0 Å². The Balaban J connectivity index is 2.54. The molecule has 0 amide bonds. The second kappa shape index (κ2) is 6.07. The van der Waals surface area contributed by atoms with Crippen molar-refractivity contribution in [2.75, 3.05) is 20.8 Å². The van der Waals surface area contributed by atoms with Crippen LogP contribution >= 0.6 is 0 Å². The molecule has 0 radical (unpaired) electrons. The standard InChI is InChI=1S/C15H21NO4S/c1-5-12-7-6-8-16(12)21(17,18)15-10-13(19-3)11(2)9-14(15)20-4/h6-7,9-10,12H,5,8H2,1-4H3. The summed E-state index contributed by atoms with van der Waals surface area (Å²) in [5, 5.41) is 0. The summed E-state index contributed by atoms with van der Waals surface area (Å²) in [7, 11) is -0.629. The molecule has 0 aromatic heterocycles. The van der Waals surface area contributed by atoms with E-state index in [4.69, 9.17) is 9.47 Å². The average Bonchev–Trinajstić information content (AvgIpc) is 2.95. The van der Waals surface area contributed by atoms with Gasteiger partial charge in [0.05, 0.1) is 14.2 Å². The van der Waals surface area contributed by atoms with Crippen molar-refractivity contribution in [3.05, 3.63) is 29.8 Å². The Morgan fingerprint density at radius 3 is 2.48 bits per heavy atom. The Morgan fingerprint density at radius 1 is 1.24 bits per heavy atom. The van der Waals surface area contributed by atoms with Crippen LogP contribution in [0.25, 0.3) is 0 Å². The van der Waals surface area contributed by atoms with E-state index in [-0.39, 0.29) is 10.9 Å². The fourth-order valence-corrected chi connectivity index (χ4v) is 4.28. The van der Waals surface area contributed by atoms with Gasteiger partial charge in [0.1, 0.15) is 16.4 Å². The van der Waals surface area contributed by atoms with E-state index in [1.807, 2.05) is 26.0 Å². The number of ether oxygens (including phenoxy) is 2. The highest BCUT2D eigenvalue weighted by atomic mass is 32.2. The molecule has 0 saturated carbocycles. The van der Waals surface area contributed by atoms with Gasteiger partial charge in [0.15, 0.2) is 0 Å². The third-order valence-electron chi connectivity index (χ3n) is 3.70. The molecule has 0 spiro atoms. The number of rotatable bonds is 5. The number of hydrogen-bond acceptors (Lipinski definition) is 4. The molecule has 21 heavy (non-hydrogen) atoms. The van der Waals surface area contributed by atoms with Crippen LogP contribution in [0.3, 0.4) is 0 Å². The summed E-state index contributed by atoms with van der Waals surface area (Å²) in [4.78, 5) is 0.148. The van der Waals surface area contributed by atoms with Crippen LogP contribution < -0.4 is 9.47 Å². The summed E-state index contributed by atoms with van der Waals surface area (Å²) in [6.45, 7) is 4.21. The summed E-state index contributed by atoms with van der Waals surface area (Å²) in [5.74, 6) is 0.879. The van der Waals surface area contributed by atoms with E-state index in [2.05, 4.69) is 0 Å². The van der Waals surface area contributed by atoms with Crippen LogP contribution in [0.15, 0.2) is 29.2 Å². The Bertz CT molecular complexity index is 652. The zero-order chi connectivity index (χ0) is 15.6. The maximum absolute atomic E-state index is 12.9. The van der Waals surface area contributed by atoms with Crippen molar-refractivity contribution in [3.63, 3.8) is 0 Å². The monoisotopic (exact) mass is 311 g/mol. The minimum Gasteiger partial charge on any atom is -0.496 e. The van der Waals surface area contributed by atoms with E-state index in [0.717, 1.165) is 12.0 Å². The molecule has 0 bridgehead atoms. The van der Waals surface area contributed by atoms with Crippen LogP contribution in [-0.4, -0.2) is 39.5 Å². The van der Waals surface area contributed by atoms with Gasteiger partial charge in [-0.1, -0.05) is 19.1 Å². The molecule has 1 atom stereocenters. The van der Waals surface area contributed by atoms with Crippen LogP contribution in [0.4, 0.5) is 0 Å². The smallest absolute Gasteiger partial charge is 0.247 e. The van der Waals surface area contributed by atoms with Crippen LogP contribution in [0, 0.1) is 6.92 Å². The number of benzene rings is 1. The molecule has 0 N–H and O–H groups in total. The van der Waals surface area contributed by atoms with Gasteiger partial charge in [0.25, 0.3) is 0 Å². The minimum absolute atomic E-state index is 0.105. The molecule has 1 aromatic rings. The number of methoxy groups -OCH3 is 2. The van der Waals surface area contributed by atoms with E-state index in [0.29, 0.717) is 18.0 Å². The number of nitrogens with zero attached hydrogens (tertiary/aromatic N) is 1. The summed E-state index contributed by atoms with van der Waals surface area (Å²) >= 11 is 0. The molecule has 5 nitrogen and oxygen atoms in total. The predicted octanol–water partition coefficient (Wildman–Crippen LogP) is 2.35. The highest BCUT2D eigenvalue weighted by molar-refractivity contribution is 7.89. The second-order valence-corrected chi connectivity index (χ2v) is 6.81. The number of sulfonamides is 1. The average molecular weight is 311 g/mol. The van der Waals surface area contributed by atoms with Crippen molar-refractivity contribution in [2.24, 2.45) is 0 Å². The first kappa shape index (κ1) is 15.9. The van der Waals surface area contributed by atoms with Crippen molar-refractivity contribution in [1.29, 1.82) is 0 Å². The fourth-order valence-electron chi connectivity index (χ4n) is 2.52. The van der Waals surface area contributed by atoms with Crippen molar-refractivity contribution in [2.45, 2.75) is 31.2 Å². The van der Waals surface area contributed by atoms with Gasteiger partial charge in [-0.05, 0) is 25.0 Å². The Hall–Kier alpha value is -1.53. The molecule has 1 aliphatic heterocycles. The predicted molar refractivity (Wildman–Crippen MR) is 81.4 cm³/mol. The Kier molecular flexibility index (Phi) is 4.58. The van der Waals surface area contributed by atoms with Gasteiger partial charge >= 0.3 is 0 Å². The molecule has 2 rings (SSSR count). The van der Waals surface area contributed by atoms with Gasteiger partial charge < -0.3 is 9.47 Å². The maximum Gasteiger partial charge on any atom is 0.247 e. The number of hydrogen-bond donors (Lipinski definition) is 0. The third kappa shape index (κ3) is 2.78. The third-order valence-corrected chi connectivity index (χ3v) is 5.61. The normalized spacial score (nSPS) is 19.0. The summed E-state index contributed by atoms with van der Waals surface area (Å²) < 4.78 is 37.8. The first-order valence-corrected chi connectivity index (χ1v) is 8.30. The first-order chi connectivity index (χ1) is 9.95. The maximum atomic E-state index is 12.9. The summed E-state index contributed by atoms with van der Waals surface area (Å²) in [5.41, 5.74) is 0.833. The molecule has 1 aromatic carbocycles. The Labute approximate surface area is 126 Å². The summed E-state index contributed by atoms with van der Waals surface area (Å²) in [6, 6.07) is 3.12. The van der Waals surface area contributed by atoms with Gasteiger partial charge in [0.2, 0.25) is 10.0 Å². The molecule has 1 unspecified atom stereocenters. The molecule has 0 saturated heterocycles. The molecular formula is C15H21NO4S. The van der Waals surface area contributed by atoms with Crippen molar-refractivity contribution in [3.8, 4) is 11.5 Å². The number of aryl methyl sites for hydroxylation is 1. The topological polar surface area (TPSA) is 55.8 Å². The molecule has 0 aliphatic carbocycles. The van der Waals surface area contributed by atoms with Gasteiger partial charge in [-0.15, -0.1) is 0 Å². The quantitative estimate of drug-likeness (QED) is 0.783. The van der Waals surface area contributed by atoms with E-state index >= 15 is 0 Å². The molecule has 1 aliphatic rings. The lowest BCUT2D eigenvalue weighted by Gasteiger charge is -2.24. The van der Waals surface area contributed by atoms with Crippen LogP contribution in [-0.2, 0) is 10.0 Å². The molecule has 6 heteroatoms.